The third-order valence-corrected chi connectivity index (χ3v) is 4.28. The van der Waals surface area contributed by atoms with Gasteiger partial charge in [-0.25, -0.2) is 4.98 Å². The van der Waals surface area contributed by atoms with Gasteiger partial charge in [0, 0.05) is 30.7 Å². The number of ether oxygens (including phenoxy) is 1. The van der Waals surface area contributed by atoms with E-state index < -0.39 is 0 Å². The van der Waals surface area contributed by atoms with Gasteiger partial charge in [0.1, 0.15) is 0 Å². The summed E-state index contributed by atoms with van der Waals surface area (Å²) in [4.78, 5) is 6.90. The van der Waals surface area contributed by atoms with Gasteiger partial charge in [0.05, 0.1) is 12.8 Å². The molecule has 2 aliphatic rings. The van der Waals surface area contributed by atoms with Crippen molar-refractivity contribution >= 4 is 5.69 Å². The van der Waals surface area contributed by atoms with E-state index in [9.17, 15) is 0 Å². The molecule has 1 spiro atoms. The Morgan fingerprint density at radius 2 is 2.28 bits per heavy atom. The predicted molar refractivity (Wildman–Crippen MR) is 72.3 cm³/mol. The first-order chi connectivity index (χ1) is 8.72. The molecule has 1 atom stereocenters. The summed E-state index contributed by atoms with van der Waals surface area (Å²) >= 11 is 0. The van der Waals surface area contributed by atoms with Crippen molar-refractivity contribution in [3.63, 3.8) is 0 Å². The first-order valence-electron chi connectivity index (χ1n) is 6.70. The zero-order valence-corrected chi connectivity index (χ0v) is 11.2. The summed E-state index contributed by atoms with van der Waals surface area (Å²) in [6.45, 7) is 6.56. The van der Waals surface area contributed by atoms with Crippen molar-refractivity contribution < 1.29 is 4.74 Å². The van der Waals surface area contributed by atoms with Crippen molar-refractivity contribution in [3.8, 4) is 5.88 Å². The molecule has 4 nitrogen and oxygen atoms in total. The molecule has 18 heavy (non-hydrogen) atoms. The van der Waals surface area contributed by atoms with Crippen LogP contribution in [0.25, 0.3) is 0 Å². The SMILES string of the molecule is COc1nc(C)ccc1N1CCC2(CCNC2)C1. The molecule has 2 saturated heterocycles. The summed E-state index contributed by atoms with van der Waals surface area (Å²) in [5, 5.41) is 3.49. The summed E-state index contributed by atoms with van der Waals surface area (Å²) in [5.74, 6) is 0.762. The Morgan fingerprint density at radius 3 is 3.00 bits per heavy atom. The molecule has 1 aromatic rings. The van der Waals surface area contributed by atoms with Gasteiger partial charge < -0.3 is 15.0 Å². The van der Waals surface area contributed by atoms with E-state index in [0.29, 0.717) is 5.41 Å². The van der Waals surface area contributed by atoms with Crippen LogP contribution >= 0.6 is 0 Å². The number of aryl methyl sites for hydroxylation is 1. The highest BCUT2D eigenvalue weighted by molar-refractivity contribution is 5.56. The average Bonchev–Trinajstić information content (AvgIpc) is 3.00. The monoisotopic (exact) mass is 247 g/mol. The number of hydrogen-bond donors (Lipinski definition) is 1. The molecule has 0 aromatic carbocycles. The second-order valence-corrected chi connectivity index (χ2v) is 5.58. The lowest BCUT2D eigenvalue weighted by Crippen LogP contribution is -2.29. The molecular formula is C14H21N3O. The highest BCUT2D eigenvalue weighted by atomic mass is 16.5. The largest absolute Gasteiger partial charge is 0.480 e. The van der Waals surface area contributed by atoms with Crippen LogP contribution in [0.4, 0.5) is 5.69 Å². The molecule has 4 heteroatoms. The Balaban J connectivity index is 1.83. The number of nitrogens with one attached hydrogen (secondary N) is 1. The molecule has 1 unspecified atom stereocenters. The standard InChI is InChI=1S/C14H21N3O/c1-11-3-4-12(13(16-11)18-2)17-8-6-14(10-17)5-7-15-9-14/h3-4,15H,5-10H2,1-2H3. The van der Waals surface area contributed by atoms with Gasteiger partial charge in [0.25, 0.3) is 0 Å². The molecular weight excluding hydrogens is 226 g/mol. The van der Waals surface area contributed by atoms with E-state index in [4.69, 9.17) is 4.74 Å². The van der Waals surface area contributed by atoms with Crippen molar-refractivity contribution in [1.29, 1.82) is 0 Å². The number of nitrogens with zero attached hydrogens (tertiary/aromatic N) is 2. The van der Waals surface area contributed by atoms with Crippen molar-refractivity contribution in [2.75, 3.05) is 38.2 Å². The Hall–Kier alpha value is -1.29. The van der Waals surface area contributed by atoms with Crippen LogP contribution in [0.1, 0.15) is 18.5 Å². The Bertz CT molecular complexity index is 441. The Labute approximate surface area is 108 Å². The summed E-state index contributed by atoms with van der Waals surface area (Å²) in [7, 11) is 1.70. The van der Waals surface area contributed by atoms with E-state index in [1.165, 1.54) is 12.8 Å². The number of pyridine rings is 1. The molecule has 1 aromatic heterocycles. The maximum absolute atomic E-state index is 5.42. The Kier molecular flexibility index (Phi) is 2.90. The maximum Gasteiger partial charge on any atom is 0.237 e. The van der Waals surface area contributed by atoms with E-state index in [1.54, 1.807) is 7.11 Å². The number of aromatic nitrogens is 1. The van der Waals surface area contributed by atoms with Gasteiger partial charge in [-0.1, -0.05) is 0 Å². The maximum atomic E-state index is 5.42. The van der Waals surface area contributed by atoms with E-state index >= 15 is 0 Å². The molecule has 0 aliphatic carbocycles. The average molecular weight is 247 g/mol. The first-order valence-corrected chi connectivity index (χ1v) is 6.70. The molecule has 0 amide bonds. The number of hydrogen-bond acceptors (Lipinski definition) is 4. The lowest BCUT2D eigenvalue weighted by Gasteiger charge is -2.24. The van der Waals surface area contributed by atoms with Crippen LogP contribution in [0.15, 0.2) is 12.1 Å². The molecule has 2 aliphatic heterocycles. The van der Waals surface area contributed by atoms with Crippen molar-refractivity contribution in [2.24, 2.45) is 5.41 Å². The van der Waals surface area contributed by atoms with E-state index in [0.717, 1.165) is 43.4 Å². The zero-order chi connectivity index (χ0) is 12.6. The highest BCUT2D eigenvalue weighted by Crippen LogP contribution is 2.40. The van der Waals surface area contributed by atoms with Gasteiger partial charge in [-0.3, -0.25) is 0 Å². The first kappa shape index (κ1) is 11.8. The number of anilines is 1. The van der Waals surface area contributed by atoms with Gasteiger partial charge >= 0.3 is 0 Å². The minimum Gasteiger partial charge on any atom is -0.480 e. The molecule has 3 rings (SSSR count). The second-order valence-electron chi connectivity index (χ2n) is 5.58. The molecule has 2 fully saturated rings. The lowest BCUT2D eigenvalue weighted by molar-refractivity contribution is 0.368. The van der Waals surface area contributed by atoms with Gasteiger partial charge in [-0.05, 0) is 38.4 Å². The van der Waals surface area contributed by atoms with E-state index in [1.807, 2.05) is 6.92 Å². The molecule has 0 saturated carbocycles. The van der Waals surface area contributed by atoms with Crippen molar-refractivity contribution in [2.45, 2.75) is 19.8 Å². The van der Waals surface area contributed by atoms with Crippen LogP contribution in [0.3, 0.4) is 0 Å². The van der Waals surface area contributed by atoms with Crippen LogP contribution in [-0.2, 0) is 0 Å². The minimum absolute atomic E-state index is 0.482. The van der Waals surface area contributed by atoms with Gasteiger partial charge in [-0.15, -0.1) is 0 Å². The lowest BCUT2D eigenvalue weighted by atomic mass is 9.86. The van der Waals surface area contributed by atoms with Crippen LogP contribution in [-0.4, -0.2) is 38.3 Å². The van der Waals surface area contributed by atoms with E-state index in [-0.39, 0.29) is 0 Å². The minimum atomic E-state index is 0.482. The van der Waals surface area contributed by atoms with Crippen molar-refractivity contribution in [3.05, 3.63) is 17.8 Å². The van der Waals surface area contributed by atoms with Crippen LogP contribution in [0.2, 0.25) is 0 Å². The summed E-state index contributed by atoms with van der Waals surface area (Å²) in [5.41, 5.74) is 2.63. The quantitative estimate of drug-likeness (QED) is 0.861. The summed E-state index contributed by atoms with van der Waals surface area (Å²) < 4.78 is 5.42. The zero-order valence-electron chi connectivity index (χ0n) is 11.2. The van der Waals surface area contributed by atoms with Crippen LogP contribution in [0.5, 0.6) is 5.88 Å². The second kappa shape index (κ2) is 4.43. The molecule has 0 radical (unpaired) electrons. The highest BCUT2D eigenvalue weighted by Gasteiger charge is 2.41. The molecule has 98 valence electrons. The van der Waals surface area contributed by atoms with Crippen LogP contribution < -0.4 is 15.0 Å². The Morgan fingerprint density at radius 1 is 1.39 bits per heavy atom. The third kappa shape index (κ3) is 1.94. The smallest absolute Gasteiger partial charge is 0.237 e. The number of methoxy groups -OCH3 is 1. The fraction of sp³-hybridized carbons (Fsp3) is 0.643. The summed E-state index contributed by atoms with van der Waals surface area (Å²) in [6, 6.07) is 4.21. The molecule has 0 bridgehead atoms. The number of rotatable bonds is 2. The predicted octanol–water partition coefficient (Wildman–Crippen LogP) is 1.59. The van der Waals surface area contributed by atoms with Crippen LogP contribution in [0, 0.1) is 12.3 Å². The molecule has 1 N–H and O–H groups in total. The third-order valence-electron chi connectivity index (χ3n) is 4.28. The van der Waals surface area contributed by atoms with E-state index in [2.05, 4.69) is 27.3 Å². The van der Waals surface area contributed by atoms with Gasteiger partial charge in [0.15, 0.2) is 0 Å². The summed E-state index contributed by atoms with van der Waals surface area (Å²) in [6.07, 6.45) is 2.57. The van der Waals surface area contributed by atoms with Gasteiger partial charge in [0.2, 0.25) is 5.88 Å². The van der Waals surface area contributed by atoms with Crippen molar-refractivity contribution in [1.82, 2.24) is 10.3 Å². The topological polar surface area (TPSA) is 37.4 Å². The normalized spacial score (nSPS) is 27.1. The van der Waals surface area contributed by atoms with Gasteiger partial charge in [-0.2, -0.15) is 0 Å². The molecule has 3 heterocycles. The fourth-order valence-electron chi connectivity index (χ4n) is 3.20. The fourth-order valence-corrected chi connectivity index (χ4v) is 3.20.